The lowest BCUT2D eigenvalue weighted by atomic mass is 10.1. The number of aromatic amines is 1. The molecule has 2 heterocycles. The van der Waals surface area contributed by atoms with Crippen molar-refractivity contribution in [1.82, 2.24) is 20.4 Å². The van der Waals surface area contributed by atoms with Gasteiger partial charge in [-0.05, 0) is 0 Å². The highest BCUT2D eigenvalue weighted by Gasteiger charge is 2.09. The van der Waals surface area contributed by atoms with E-state index < -0.39 is 0 Å². The molecule has 0 aliphatic rings. The summed E-state index contributed by atoms with van der Waals surface area (Å²) >= 11 is 1.57. The molecule has 5 nitrogen and oxygen atoms in total. The Balaban J connectivity index is 1.80. The first-order valence-corrected chi connectivity index (χ1v) is 6.40. The molecule has 0 aliphatic carbocycles. The van der Waals surface area contributed by atoms with Crippen molar-refractivity contribution in [1.29, 1.82) is 0 Å². The predicted octanol–water partition coefficient (Wildman–Crippen LogP) is 2.54. The summed E-state index contributed by atoms with van der Waals surface area (Å²) < 4.78 is 0. The average Bonchev–Trinajstić information content (AvgIpc) is 3.09. The van der Waals surface area contributed by atoms with E-state index in [9.17, 15) is 0 Å². The number of hydrogen-bond donors (Lipinski definition) is 2. The van der Waals surface area contributed by atoms with Crippen molar-refractivity contribution in [3.63, 3.8) is 0 Å². The first-order chi connectivity index (χ1) is 8.93. The molecule has 0 atom stereocenters. The maximum atomic E-state index is 4.19. The third-order valence-electron chi connectivity index (χ3n) is 2.51. The molecular formula is C12H11N5S. The standard InChI is InChI=1S/C12H11N5S/c1-2-4-9(5-3-1)11-10(15-17-16-11)8-14-12-13-6-7-18-12/h1-7H,8H2,(H,13,14)(H,15,16,17). The quantitative estimate of drug-likeness (QED) is 0.753. The zero-order valence-electron chi connectivity index (χ0n) is 9.50. The van der Waals surface area contributed by atoms with E-state index >= 15 is 0 Å². The van der Waals surface area contributed by atoms with Crippen molar-refractivity contribution < 1.29 is 0 Å². The van der Waals surface area contributed by atoms with Gasteiger partial charge in [0.1, 0.15) is 11.4 Å². The van der Waals surface area contributed by atoms with Gasteiger partial charge < -0.3 is 5.32 Å². The van der Waals surface area contributed by atoms with Gasteiger partial charge in [-0.15, -0.1) is 11.3 Å². The molecule has 90 valence electrons. The summed E-state index contributed by atoms with van der Waals surface area (Å²) in [6.07, 6.45) is 1.77. The molecule has 18 heavy (non-hydrogen) atoms. The molecule has 0 saturated heterocycles. The molecule has 0 aliphatic heterocycles. The lowest BCUT2D eigenvalue weighted by molar-refractivity contribution is 0.910. The van der Waals surface area contributed by atoms with Crippen LogP contribution in [0.5, 0.6) is 0 Å². The highest BCUT2D eigenvalue weighted by molar-refractivity contribution is 7.13. The molecule has 0 bridgehead atoms. The summed E-state index contributed by atoms with van der Waals surface area (Å²) in [4.78, 5) is 4.17. The molecule has 3 rings (SSSR count). The minimum absolute atomic E-state index is 0.605. The summed E-state index contributed by atoms with van der Waals surface area (Å²) in [5.41, 5.74) is 2.82. The number of H-pyrrole nitrogens is 1. The van der Waals surface area contributed by atoms with E-state index in [2.05, 4.69) is 25.7 Å². The van der Waals surface area contributed by atoms with E-state index in [1.54, 1.807) is 17.5 Å². The molecule has 0 spiro atoms. The first-order valence-electron chi connectivity index (χ1n) is 5.52. The molecule has 6 heteroatoms. The van der Waals surface area contributed by atoms with E-state index in [0.717, 1.165) is 22.1 Å². The number of nitrogens with zero attached hydrogens (tertiary/aromatic N) is 3. The van der Waals surface area contributed by atoms with Gasteiger partial charge in [0.25, 0.3) is 0 Å². The maximum absolute atomic E-state index is 4.19. The number of hydrogen-bond acceptors (Lipinski definition) is 5. The summed E-state index contributed by atoms with van der Waals surface area (Å²) in [6.45, 7) is 0.605. The van der Waals surface area contributed by atoms with Crippen LogP contribution in [0, 0.1) is 0 Å². The Hall–Kier alpha value is -2.21. The van der Waals surface area contributed by atoms with E-state index in [1.165, 1.54) is 0 Å². The first kappa shape index (κ1) is 10.9. The molecule has 0 fully saturated rings. The van der Waals surface area contributed by atoms with E-state index in [0.29, 0.717) is 6.54 Å². The summed E-state index contributed by atoms with van der Waals surface area (Å²) in [5.74, 6) is 0. The summed E-state index contributed by atoms with van der Waals surface area (Å²) in [6, 6.07) is 10.00. The fourth-order valence-electron chi connectivity index (χ4n) is 1.67. The zero-order chi connectivity index (χ0) is 12.2. The second kappa shape index (κ2) is 4.97. The Morgan fingerprint density at radius 1 is 1.17 bits per heavy atom. The molecule has 0 radical (unpaired) electrons. The lowest BCUT2D eigenvalue weighted by Gasteiger charge is -2.02. The minimum atomic E-state index is 0.605. The van der Waals surface area contributed by atoms with Crippen LogP contribution in [0.1, 0.15) is 5.69 Å². The Bertz CT molecular complexity index is 602. The van der Waals surface area contributed by atoms with Gasteiger partial charge in [0.05, 0.1) is 6.54 Å². The van der Waals surface area contributed by atoms with Gasteiger partial charge in [0, 0.05) is 17.1 Å². The van der Waals surface area contributed by atoms with Crippen molar-refractivity contribution in [3.8, 4) is 11.3 Å². The van der Waals surface area contributed by atoms with Crippen LogP contribution in [0.4, 0.5) is 5.13 Å². The van der Waals surface area contributed by atoms with Crippen LogP contribution in [0.3, 0.4) is 0 Å². The van der Waals surface area contributed by atoms with Gasteiger partial charge in [0.2, 0.25) is 0 Å². The second-order valence-electron chi connectivity index (χ2n) is 3.68. The lowest BCUT2D eigenvalue weighted by Crippen LogP contribution is -2.00. The van der Waals surface area contributed by atoms with Gasteiger partial charge in [-0.25, -0.2) is 4.98 Å². The largest absolute Gasteiger partial charge is 0.356 e. The number of thiazole rings is 1. The second-order valence-corrected chi connectivity index (χ2v) is 4.57. The highest BCUT2D eigenvalue weighted by atomic mass is 32.1. The predicted molar refractivity (Wildman–Crippen MR) is 71.3 cm³/mol. The van der Waals surface area contributed by atoms with Gasteiger partial charge in [-0.1, -0.05) is 30.3 Å². The average molecular weight is 257 g/mol. The molecule has 2 N–H and O–H groups in total. The third-order valence-corrected chi connectivity index (χ3v) is 3.24. The highest BCUT2D eigenvalue weighted by Crippen LogP contribution is 2.20. The van der Waals surface area contributed by atoms with Crippen molar-refractivity contribution in [2.75, 3.05) is 5.32 Å². The van der Waals surface area contributed by atoms with Crippen LogP contribution < -0.4 is 5.32 Å². The normalized spacial score (nSPS) is 10.4. The Kier molecular flexibility index (Phi) is 3.01. The Labute approximate surface area is 108 Å². The van der Waals surface area contributed by atoms with E-state index in [-0.39, 0.29) is 0 Å². The molecular weight excluding hydrogens is 246 g/mol. The number of anilines is 1. The number of benzene rings is 1. The van der Waals surface area contributed by atoms with Crippen LogP contribution >= 0.6 is 11.3 Å². The maximum Gasteiger partial charge on any atom is 0.182 e. The van der Waals surface area contributed by atoms with Crippen molar-refractivity contribution in [3.05, 3.63) is 47.6 Å². The fourth-order valence-corrected chi connectivity index (χ4v) is 2.20. The SMILES string of the molecule is c1ccc(-c2n[nH]nc2CNc2nccs2)cc1. The number of aromatic nitrogens is 4. The summed E-state index contributed by atoms with van der Waals surface area (Å²) in [7, 11) is 0. The molecule has 2 aromatic heterocycles. The monoisotopic (exact) mass is 257 g/mol. The van der Waals surface area contributed by atoms with E-state index in [1.807, 2.05) is 35.7 Å². The van der Waals surface area contributed by atoms with Gasteiger partial charge in [0.15, 0.2) is 5.13 Å². The molecule has 1 aromatic carbocycles. The smallest absolute Gasteiger partial charge is 0.182 e. The Morgan fingerprint density at radius 3 is 2.83 bits per heavy atom. The van der Waals surface area contributed by atoms with Crippen molar-refractivity contribution >= 4 is 16.5 Å². The van der Waals surface area contributed by atoms with Crippen LogP contribution in [0.25, 0.3) is 11.3 Å². The third kappa shape index (κ3) is 2.23. The fraction of sp³-hybridized carbons (Fsp3) is 0.0833. The Morgan fingerprint density at radius 2 is 2.06 bits per heavy atom. The zero-order valence-corrected chi connectivity index (χ0v) is 10.3. The molecule has 0 saturated carbocycles. The number of nitrogens with one attached hydrogen (secondary N) is 2. The molecule has 0 amide bonds. The molecule has 3 aromatic rings. The van der Waals surface area contributed by atoms with E-state index in [4.69, 9.17) is 0 Å². The number of rotatable bonds is 4. The van der Waals surface area contributed by atoms with Crippen LogP contribution in [0.15, 0.2) is 41.9 Å². The van der Waals surface area contributed by atoms with Crippen LogP contribution in [-0.2, 0) is 6.54 Å². The van der Waals surface area contributed by atoms with Crippen molar-refractivity contribution in [2.45, 2.75) is 6.54 Å². The van der Waals surface area contributed by atoms with Gasteiger partial charge in [-0.3, -0.25) is 0 Å². The minimum Gasteiger partial charge on any atom is -0.356 e. The van der Waals surface area contributed by atoms with Crippen LogP contribution in [0.2, 0.25) is 0 Å². The van der Waals surface area contributed by atoms with Gasteiger partial charge >= 0.3 is 0 Å². The molecule has 0 unspecified atom stereocenters. The van der Waals surface area contributed by atoms with Gasteiger partial charge in [-0.2, -0.15) is 15.4 Å². The topological polar surface area (TPSA) is 66.5 Å². The van der Waals surface area contributed by atoms with Crippen molar-refractivity contribution in [2.24, 2.45) is 0 Å². The summed E-state index contributed by atoms with van der Waals surface area (Å²) in [5, 5.41) is 17.1. The van der Waals surface area contributed by atoms with Crippen LogP contribution in [-0.4, -0.2) is 20.4 Å².